The normalized spacial score (nSPS) is 44.5. The van der Waals surface area contributed by atoms with Crippen LogP contribution in [-0.4, -0.2) is 34.6 Å². The summed E-state index contributed by atoms with van der Waals surface area (Å²) >= 11 is 0. The first kappa shape index (κ1) is 15.4. The molecule has 0 saturated carbocycles. The summed E-state index contributed by atoms with van der Waals surface area (Å²) in [5, 5.41) is 0. The molecule has 2 bridgehead atoms. The first-order valence-electron chi connectivity index (χ1n) is 9.14. The largest absolute Gasteiger partial charge is 0.484 e. The Balaban J connectivity index is 1.99. The van der Waals surface area contributed by atoms with E-state index in [0.29, 0.717) is 17.9 Å². The molecule has 2 fully saturated rings. The van der Waals surface area contributed by atoms with Crippen molar-refractivity contribution in [2.24, 2.45) is 11.3 Å². The van der Waals surface area contributed by atoms with Crippen LogP contribution in [0.15, 0.2) is 0 Å². The van der Waals surface area contributed by atoms with Gasteiger partial charge in [-0.25, -0.2) is 0 Å². The highest BCUT2D eigenvalue weighted by molar-refractivity contribution is 5.49. The molecular weight excluding hydrogens is 284 g/mol. The van der Waals surface area contributed by atoms with Gasteiger partial charge in [0.1, 0.15) is 11.4 Å². The number of ether oxygens (including phenoxy) is 1. The summed E-state index contributed by atoms with van der Waals surface area (Å²) in [5.74, 6) is 2.06. The van der Waals surface area contributed by atoms with E-state index < -0.39 is 0 Å². The molecule has 3 nitrogen and oxygen atoms in total. The van der Waals surface area contributed by atoms with Crippen LogP contribution in [-0.2, 0) is 0 Å². The number of pyridine rings is 1. The Labute approximate surface area is 140 Å². The summed E-state index contributed by atoms with van der Waals surface area (Å²) in [7, 11) is 0. The first-order chi connectivity index (χ1) is 10.7. The molecule has 1 spiro atoms. The van der Waals surface area contributed by atoms with Crippen LogP contribution in [0.4, 0.5) is 0 Å². The highest BCUT2D eigenvalue weighted by atomic mass is 16.5. The predicted molar refractivity (Wildman–Crippen MR) is 93.1 cm³/mol. The average molecular weight is 314 g/mol. The van der Waals surface area contributed by atoms with Crippen LogP contribution < -0.4 is 4.74 Å². The van der Waals surface area contributed by atoms with Gasteiger partial charge in [-0.15, -0.1) is 0 Å². The lowest BCUT2D eigenvalue weighted by molar-refractivity contribution is -0.156. The minimum absolute atomic E-state index is 0.0973. The van der Waals surface area contributed by atoms with E-state index in [9.17, 15) is 0 Å². The average Bonchev–Trinajstić information content (AvgIpc) is 2.77. The molecule has 2 saturated heterocycles. The summed E-state index contributed by atoms with van der Waals surface area (Å²) < 4.78 is 6.87. The van der Waals surface area contributed by atoms with Gasteiger partial charge in [-0.1, -0.05) is 13.8 Å². The highest BCUT2D eigenvalue weighted by Gasteiger charge is 2.68. The highest BCUT2D eigenvalue weighted by Crippen LogP contribution is 2.64. The summed E-state index contributed by atoms with van der Waals surface area (Å²) in [6.45, 7) is 18.4. The van der Waals surface area contributed by atoms with E-state index in [2.05, 4.69) is 53.4 Å². The number of hydrogen-bond donors (Lipinski definition) is 0. The SMILES string of the molecule is Cc1nc2c(c(C)c1C)O[C@@]1(C)C(C)CN3CC[C@@]1(C2C)[C@H]3C. The molecule has 0 radical (unpaired) electrons. The Morgan fingerprint density at radius 3 is 2.52 bits per heavy atom. The molecule has 0 aliphatic carbocycles. The molecule has 0 amide bonds. The lowest BCUT2D eigenvalue weighted by Crippen LogP contribution is -2.68. The monoisotopic (exact) mass is 314 g/mol. The molecule has 0 aromatic carbocycles. The van der Waals surface area contributed by atoms with Crippen LogP contribution in [0.25, 0.3) is 0 Å². The van der Waals surface area contributed by atoms with Crippen molar-refractivity contribution in [3.63, 3.8) is 0 Å². The van der Waals surface area contributed by atoms with Gasteiger partial charge in [-0.2, -0.15) is 0 Å². The fourth-order valence-electron chi connectivity index (χ4n) is 5.99. The van der Waals surface area contributed by atoms with Gasteiger partial charge >= 0.3 is 0 Å². The summed E-state index contributed by atoms with van der Waals surface area (Å²) in [6.07, 6.45) is 1.23. The van der Waals surface area contributed by atoms with Crippen molar-refractivity contribution >= 4 is 0 Å². The number of piperidine rings is 1. The standard InChI is InChI=1S/C20H30N2O/c1-11-10-22-9-8-20(16(22)6)14(4)17-18(23-19(11,20)7)13(3)12(2)15(5)21-17/h11,14,16H,8-10H2,1-7H3/t11?,14?,16-,19+,20-/m1/s1. The second-order valence-electron chi connectivity index (χ2n) is 8.45. The third-order valence-electron chi connectivity index (χ3n) is 7.94. The number of hydrogen-bond acceptors (Lipinski definition) is 3. The van der Waals surface area contributed by atoms with Crippen LogP contribution in [0.5, 0.6) is 5.75 Å². The van der Waals surface area contributed by atoms with Crippen molar-refractivity contribution in [1.29, 1.82) is 0 Å². The molecule has 6 atom stereocenters. The smallest absolute Gasteiger partial charge is 0.145 e. The van der Waals surface area contributed by atoms with Crippen molar-refractivity contribution < 1.29 is 4.74 Å². The third kappa shape index (κ3) is 1.57. The Morgan fingerprint density at radius 1 is 1.13 bits per heavy atom. The Hall–Kier alpha value is -1.09. The molecule has 1 aromatic rings. The van der Waals surface area contributed by atoms with Crippen LogP contribution in [0, 0.1) is 32.1 Å². The van der Waals surface area contributed by atoms with E-state index in [4.69, 9.17) is 9.72 Å². The number of aryl methyl sites for hydroxylation is 1. The van der Waals surface area contributed by atoms with Gasteiger partial charge in [0, 0.05) is 35.5 Å². The van der Waals surface area contributed by atoms with E-state index in [1.54, 1.807) is 0 Å². The number of rotatable bonds is 0. The van der Waals surface area contributed by atoms with Crippen LogP contribution in [0.1, 0.15) is 62.5 Å². The third-order valence-corrected chi connectivity index (χ3v) is 7.94. The minimum Gasteiger partial charge on any atom is -0.484 e. The van der Waals surface area contributed by atoms with E-state index in [1.165, 1.54) is 29.8 Å². The van der Waals surface area contributed by atoms with Gasteiger partial charge in [0.2, 0.25) is 0 Å². The zero-order valence-corrected chi connectivity index (χ0v) is 15.7. The predicted octanol–water partition coefficient (Wildman–Crippen LogP) is 3.99. The van der Waals surface area contributed by atoms with Crippen molar-refractivity contribution in [2.45, 2.75) is 72.4 Å². The molecule has 3 aliphatic rings. The lowest BCUT2D eigenvalue weighted by Gasteiger charge is -2.61. The van der Waals surface area contributed by atoms with Crippen LogP contribution in [0.3, 0.4) is 0 Å². The van der Waals surface area contributed by atoms with Gasteiger partial charge in [0.25, 0.3) is 0 Å². The van der Waals surface area contributed by atoms with Crippen molar-refractivity contribution in [3.05, 3.63) is 22.5 Å². The van der Waals surface area contributed by atoms with E-state index in [0.717, 1.165) is 18.0 Å². The summed E-state index contributed by atoms with van der Waals surface area (Å²) in [5.41, 5.74) is 5.00. The molecule has 3 unspecified atom stereocenters. The topological polar surface area (TPSA) is 25.4 Å². The molecule has 0 N–H and O–H groups in total. The Morgan fingerprint density at radius 2 is 1.83 bits per heavy atom. The van der Waals surface area contributed by atoms with Crippen molar-refractivity contribution in [3.8, 4) is 5.75 Å². The van der Waals surface area contributed by atoms with Gasteiger partial charge < -0.3 is 4.74 Å². The molecule has 4 rings (SSSR count). The maximum atomic E-state index is 6.87. The Bertz CT molecular complexity index is 685. The maximum Gasteiger partial charge on any atom is 0.145 e. The number of aromatic nitrogens is 1. The van der Waals surface area contributed by atoms with Crippen LogP contribution >= 0.6 is 0 Å². The van der Waals surface area contributed by atoms with Gasteiger partial charge in [0.05, 0.1) is 5.69 Å². The molecule has 4 heterocycles. The van der Waals surface area contributed by atoms with E-state index >= 15 is 0 Å². The maximum absolute atomic E-state index is 6.87. The fourth-order valence-corrected chi connectivity index (χ4v) is 5.99. The molecule has 3 heteroatoms. The molecular formula is C20H30N2O. The van der Waals surface area contributed by atoms with Gasteiger partial charge in [-0.05, 0) is 58.7 Å². The first-order valence-corrected chi connectivity index (χ1v) is 9.14. The summed E-state index contributed by atoms with van der Waals surface area (Å²) in [4.78, 5) is 7.68. The zero-order chi connectivity index (χ0) is 16.7. The molecule has 23 heavy (non-hydrogen) atoms. The van der Waals surface area contributed by atoms with Crippen molar-refractivity contribution in [1.82, 2.24) is 9.88 Å². The molecule has 1 aromatic heterocycles. The lowest BCUT2D eigenvalue weighted by atomic mass is 9.53. The van der Waals surface area contributed by atoms with Gasteiger partial charge in [-0.3, -0.25) is 9.88 Å². The van der Waals surface area contributed by atoms with Gasteiger partial charge in [0.15, 0.2) is 0 Å². The fraction of sp³-hybridized carbons (Fsp3) is 0.750. The molecule has 126 valence electrons. The molecule has 3 aliphatic heterocycles. The quantitative estimate of drug-likeness (QED) is 0.724. The second-order valence-corrected chi connectivity index (χ2v) is 8.45. The number of fused-ring (bicyclic) bond motifs is 2. The summed E-state index contributed by atoms with van der Waals surface area (Å²) in [6, 6.07) is 0.565. The van der Waals surface area contributed by atoms with E-state index in [-0.39, 0.29) is 11.0 Å². The van der Waals surface area contributed by atoms with E-state index in [1.807, 2.05) is 0 Å². The second kappa shape index (κ2) is 4.50. The number of nitrogens with zero attached hydrogens (tertiary/aromatic N) is 2. The minimum atomic E-state index is -0.0973. The zero-order valence-electron chi connectivity index (χ0n) is 15.7. The van der Waals surface area contributed by atoms with Crippen molar-refractivity contribution in [2.75, 3.05) is 13.1 Å². The van der Waals surface area contributed by atoms with Crippen LogP contribution in [0.2, 0.25) is 0 Å². The Kier molecular flexibility index (Phi) is 3.02.